The van der Waals surface area contributed by atoms with E-state index in [9.17, 15) is 9.90 Å². The number of amides is 1. The van der Waals surface area contributed by atoms with Crippen molar-refractivity contribution in [3.8, 4) is 0 Å². The lowest BCUT2D eigenvalue weighted by Gasteiger charge is -2.31. The highest BCUT2D eigenvalue weighted by Gasteiger charge is 2.29. The first-order chi connectivity index (χ1) is 6.77. The fourth-order valence-electron chi connectivity index (χ4n) is 2.27. The fraction of sp³-hybridized carbons (Fsp3) is 0.900. The van der Waals surface area contributed by atoms with Crippen LogP contribution in [0.15, 0.2) is 0 Å². The first-order valence-corrected chi connectivity index (χ1v) is 5.47. The van der Waals surface area contributed by atoms with E-state index in [1.165, 1.54) is 0 Å². The Kier molecular flexibility index (Phi) is 3.03. The number of aliphatic hydroxyl groups is 1. The second-order valence-corrected chi connectivity index (χ2v) is 4.23. The smallest absolute Gasteiger partial charge is 0.239 e. The number of carbonyl (C=O) groups excluding carboxylic acids is 1. The molecule has 0 unspecified atom stereocenters. The number of nitrogens with one attached hydrogen (secondary N) is 1. The fourth-order valence-corrected chi connectivity index (χ4v) is 2.27. The van der Waals surface area contributed by atoms with Gasteiger partial charge in [0, 0.05) is 13.1 Å². The Balaban J connectivity index is 1.89. The minimum atomic E-state index is -0.311. The second kappa shape index (κ2) is 4.28. The summed E-state index contributed by atoms with van der Waals surface area (Å²) in [7, 11) is 0. The van der Waals surface area contributed by atoms with Crippen LogP contribution >= 0.6 is 0 Å². The van der Waals surface area contributed by atoms with Gasteiger partial charge < -0.3 is 15.3 Å². The summed E-state index contributed by atoms with van der Waals surface area (Å²) in [6.45, 7) is 2.29. The first-order valence-electron chi connectivity index (χ1n) is 5.47. The predicted molar refractivity (Wildman–Crippen MR) is 52.8 cm³/mol. The van der Waals surface area contributed by atoms with Gasteiger partial charge in [0.1, 0.15) is 0 Å². The van der Waals surface area contributed by atoms with Gasteiger partial charge in [0.25, 0.3) is 0 Å². The van der Waals surface area contributed by atoms with Gasteiger partial charge in [0.2, 0.25) is 5.91 Å². The Labute approximate surface area is 84.3 Å². The van der Waals surface area contributed by atoms with Gasteiger partial charge in [-0.3, -0.25) is 4.79 Å². The van der Waals surface area contributed by atoms with Crippen LogP contribution in [0.25, 0.3) is 0 Å². The highest BCUT2D eigenvalue weighted by atomic mass is 16.3. The molecule has 0 radical (unpaired) electrons. The van der Waals surface area contributed by atoms with Gasteiger partial charge in [0.15, 0.2) is 0 Å². The Morgan fingerprint density at radius 3 is 2.86 bits per heavy atom. The van der Waals surface area contributed by atoms with E-state index in [4.69, 9.17) is 0 Å². The van der Waals surface area contributed by atoms with Crippen molar-refractivity contribution >= 4 is 5.91 Å². The molecular weight excluding hydrogens is 180 g/mol. The number of nitrogens with zero attached hydrogens (tertiary/aromatic N) is 1. The zero-order valence-electron chi connectivity index (χ0n) is 8.41. The summed E-state index contributed by atoms with van der Waals surface area (Å²) in [5.41, 5.74) is 0. The molecule has 0 spiro atoms. The SMILES string of the molecule is O=C([C@@H]1CCCN1)N1CCC[C@H](O)C1. The van der Waals surface area contributed by atoms with E-state index in [-0.39, 0.29) is 18.1 Å². The number of hydrogen-bond donors (Lipinski definition) is 2. The highest BCUT2D eigenvalue weighted by molar-refractivity contribution is 5.82. The lowest BCUT2D eigenvalue weighted by atomic mass is 10.1. The number of likely N-dealkylation sites (tertiary alicyclic amines) is 1. The van der Waals surface area contributed by atoms with Crippen LogP contribution in [-0.4, -0.2) is 47.7 Å². The molecule has 2 N–H and O–H groups in total. The van der Waals surface area contributed by atoms with Gasteiger partial charge in [-0.2, -0.15) is 0 Å². The van der Waals surface area contributed by atoms with Crippen LogP contribution in [0.4, 0.5) is 0 Å². The zero-order valence-corrected chi connectivity index (χ0v) is 8.41. The van der Waals surface area contributed by atoms with Crippen LogP contribution in [-0.2, 0) is 4.79 Å². The Bertz CT molecular complexity index is 214. The summed E-state index contributed by atoms with van der Waals surface area (Å²) >= 11 is 0. The van der Waals surface area contributed by atoms with E-state index in [0.717, 1.165) is 38.8 Å². The number of piperidine rings is 1. The topological polar surface area (TPSA) is 52.6 Å². The molecule has 2 atom stereocenters. The standard InChI is InChI=1S/C10H18N2O2/c13-8-3-2-6-12(7-8)10(14)9-4-1-5-11-9/h8-9,11,13H,1-7H2/t8-,9-/m0/s1. The van der Waals surface area contributed by atoms with Gasteiger partial charge in [-0.05, 0) is 32.2 Å². The van der Waals surface area contributed by atoms with E-state index >= 15 is 0 Å². The molecule has 0 bridgehead atoms. The molecule has 4 nitrogen and oxygen atoms in total. The molecule has 80 valence electrons. The van der Waals surface area contributed by atoms with E-state index < -0.39 is 0 Å². The molecule has 0 aromatic carbocycles. The maximum atomic E-state index is 11.9. The molecule has 2 heterocycles. The van der Waals surface area contributed by atoms with Crippen molar-refractivity contribution in [1.29, 1.82) is 0 Å². The molecule has 0 aromatic rings. The van der Waals surface area contributed by atoms with E-state index in [1.54, 1.807) is 4.90 Å². The van der Waals surface area contributed by atoms with Crippen LogP contribution in [0.5, 0.6) is 0 Å². The van der Waals surface area contributed by atoms with E-state index in [2.05, 4.69) is 5.32 Å². The Morgan fingerprint density at radius 1 is 1.36 bits per heavy atom. The zero-order chi connectivity index (χ0) is 9.97. The summed E-state index contributed by atoms with van der Waals surface area (Å²) in [5, 5.41) is 12.7. The monoisotopic (exact) mass is 198 g/mol. The summed E-state index contributed by atoms with van der Waals surface area (Å²) in [4.78, 5) is 13.7. The number of rotatable bonds is 1. The van der Waals surface area contributed by atoms with Crippen LogP contribution in [0, 0.1) is 0 Å². The van der Waals surface area contributed by atoms with Crippen molar-refractivity contribution in [1.82, 2.24) is 10.2 Å². The first kappa shape index (κ1) is 9.93. The highest BCUT2D eigenvalue weighted by Crippen LogP contribution is 2.14. The minimum Gasteiger partial charge on any atom is -0.391 e. The van der Waals surface area contributed by atoms with Crippen LogP contribution in [0.3, 0.4) is 0 Å². The molecular formula is C10H18N2O2. The maximum Gasteiger partial charge on any atom is 0.239 e. The normalized spacial score (nSPS) is 33.4. The molecule has 2 fully saturated rings. The van der Waals surface area contributed by atoms with Crippen LogP contribution in [0.1, 0.15) is 25.7 Å². The molecule has 2 saturated heterocycles. The van der Waals surface area contributed by atoms with Crippen molar-refractivity contribution < 1.29 is 9.90 Å². The average molecular weight is 198 g/mol. The Morgan fingerprint density at radius 2 is 2.21 bits per heavy atom. The van der Waals surface area contributed by atoms with Crippen molar-refractivity contribution in [2.24, 2.45) is 0 Å². The quantitative estimate of drug-likeness (QED) is 0.609. The molecule has 0 saturated carbocycles. The average Bonchev–Trinajstić information content (AvgIpc) is 2.69. The predicted octanol–water partition coefficient (Wildman–Crippen LogP) is -0.278. The summed E-state index contributed by atoms with van der Waals surface area (Å²) in [5.74, 6) is 0.182. The number of hydrogen-bond acceptors (Lipinski definition) is 3. The van der Waals surface area contributed by atoms with Crippen molar-refractivity contribution in [3.63, 3.8) is 0 Å². The van der Waals surface area contributed by atoms with Gasteiger partial charge >= 0.3 is 0 Å². The van der Waals surface area contributed by atoms with Crippen molar-refractivity contribution in [2.45, 2.75) is 37.8 Å². The van der Waals surface area contributed by atoms with Gasteiger partial charge in [-0.25, -0.2) is 0 Å². The molecule has 1 amide bonds. The molecule has 2 rings (SSSR count). The molecule has 4 heteroatoms. The molecule has 14 heavy (non-hydrogen) atoms. The Hall–Kier alpha value is -0.610. The van der Waals surface area contributed by atoms with Crippen molar-refractivity contribution in [3.05, 3.63) is 0 Å². The molecule has 0 aromatic heterocycles. The summed E-state index contributed by atoms with van der Waals surface area (Å²) in [6.07, 6.45) is 3.49. The number of β-amino-alcohol motifs (C(OH)–C–C–N with tert-alkyl or cyclic N) is 1. The molecule has 2 aliphatic heterocycles. The van der Waals surface area contributed by atoms with Crippen LogP contribution < -0.4 is 5.32 Å². The van der Waals surface area contributed by atoms with Gasteiger partial charge in [-0.1, -0.05) is 0 Å². The third-order valence-electron chi connectivity index (χ3n) is 3.07. The van der Waals surface area contributed by atoms with E-state index in [0.29, 0.717) is 6.54 Å². The largest absolute Gasteiger partial charge is 0.391 e. The molecule has 0 aliphatic carbocycles. The molecule has 2 aliphatic rings. The third kappa shape index (κ3) is 2.07. The number of carbonyl (C=O) groups is 1. The minimum absolute atomic E-state index is 0.0142. The number of aliphatic hydroxyl groups excluding tert-OH is 1. The van der Waals surface area contributed by atoms with E-state index in [1.807, 2.05) is 0 Å². The van der Waals surface area contributed by atoms with Gasteiger partial charge in [0.05, 0.1) is 12.1 Å². The van der Waals surface area contributed by atoms with Gasteiger partial charge in [-0.15, -0.1) is 0 Å². The maximum absolute atomic E-state index is 11.9. The van der Waals surface area contributed by atoms with Crippen LogP contribution in [0.2, 0.25) is 0 Å². The second-order valence-electron chi connectivity index (χ2n) is 4.23. The third-order valence-corrected chi connectivity index (χ3v) is 3.07. The summed E-state index contributed by atoms with van der Waals surface area (Å²) in [6, 6.07) is 0.0142. The van der Waals surface area contributed by atoms with Crippen molar-refractivity contribution in [2.75, 3.05) is 19.6 Å². The lowest BCUT2D eigenvalue weighted by molar-refractivity contribution is -0.136. The summed E-state index contributed by atoms with van der Waals surface area (Å²) < 4.78 is 0. The lowest BCUT2D eigenvalue weighted by Crippen LogP contribution is -2.49.